The van der Waals surface area contributed by atoms with Gasteiger partial charge in [0.25, 0.3) is 0 Å². The Kier molecular flexibility index (Phi) is 3.60. The average Bonchev–Trinajstić information content (AvgIpc) is 3.16. The first-order valence-corrected chi connectivity index (χ1v) is 6.05. The molecule has 1 N–H and O–H groups in total. The van der Waals surface area contributed by atoms with Gasteiger partial charge in [-0.15, -0.1) is 0 Å². The molecule has 1 fully saturated rings. The zero-order valence-corrected chi connectivity index (χ0v) is 10.2. The van der Waals surface area contributed by atoms with Crippen LogP contribution in [0.5, 0.6) is 0 Å². The highest BCUT2D eigenvalue weighted by molar-refractivity contribution is 5.89. The number of carboxylic acid groups (broad SMARTS) is 1. The van der Waals surface area contributed by atoms with Gasteiger partial charge in [0.2, 0.25) is 5.91 Å². The molecule has 2 atom stereocenters. The fraction of sp³-hybridized carbons (Fsp3) is 0.462. The van der Waals surface area contributed by atoms with Crippen molar-refractivity contribution in [2.75, 3.05) is 6.54 Å². The van der Waals surface area contributed by atoms with E-state index < -0.39 is 11.9 Å². The molecule has 1 aliphatic rings. The summed E-state index contributed by atoms with van der Waals surface area (Å²) in [6.45, 7) is 2.90. The molecular formula is C13H16N2O3. The molecule has 0 aromatic carbocycles. The van der Waals surface area contributed by atoms with Gasteiger partial charge in [-0.3, -0.25) is 14.6 Å². The Hall–Kier alpha value is -1.91. The maximum absolute atomic E-state index is 12.1. The fourth-order valence-electron chi connectivity index (χ4n) is 2.01. The predicted octanol–water partition coefficient (Wildman–Crippen LogP) is 1.15. The van der Waals surface area contributed by atoms with Crippen molar-refractivity contribution in [2.45, 2.75) is 19.9 Å². The molecule has 0 spiro atoms. The maximum atomic E-state index is 12.1. The van der Waals surface area contributed by atoms with Crippen molar-refractivity contribution in [3.05, 3.63) is 30.1 Å². The summed E-state index contributed by atoms with van der Waals surface area (Å²) in [5.41, 5.74) is 0.820. The summed E-state index contributed by atoms with van der Waals surface area (Å²) in [6, 6.07) is 5.55. The van der Waals surface area contributed by atoms with Crippen molar-refractivity contribution in [3.8, 4) is 0 Å². The molecule has 5 nitrogen and oxygen atoms in total. The molecule has 1 saturated carbocycles. The van der Waals surface area contributed by atoms with E-state index in [1.807, 2.05) is 25.1 Å². The van der Waals surface area contributed by atoms with Crippen molar-refractivity contribution in [3.63, 3.8) is 0 Å². The van der Waals surface area contributed by atoms with E-state index in [2.05, 4.69) is 4.98 Å². The fourth-order valence-corrected chi connectivity index (χ4v) is 2.01. The SMILES string of the molecule is CCN(Cc1ccccn1)C(=O)[C@@H]1C[C@@H]1C(=O)O. The Morgan fingerprint density at radius 1 is 1.44 bits per heavy atom. The van der Waals surface area contributed by atoms with E-state index in [-0.39, 0.29) is 11.8 Å². The summed E-state index contributed by atoms with van der Waals surface area (Å²) < 4.78 is 0. The standard InChI is InChI=1S/C13H16N2O3/c1-2-15(8-9-5-3-4-6-14-9)12(16)10-7-11(10)13(17)18/h3-6,10-11H,2,7-8H2,1H3,(H,17,18)/t10-,11+/m1/s1. The molecule has 18 heavy (non-hydrogen) atoms. The van der Waals surface area contributed by atoms with Gasteiger partial charge >= 0.3 is 5.97 Å². The highest BCUT2D eigenvalue weighted by Crippen LogP contribution is 2.40. The van der Waals surface area contributed by atoms with Crippen LogP contribution >= 0.6 is 0 Å². The van der Waals surface area contributed by atoms with E-state index in [1.165, 1.54) is 0 Å². The molecule has 0 saturated heterocycles. The average molecular weight is 248 g/mol. The summed E-state index contributed by atoms with van der Waals surface area (Å²) in [5, 5.41) is 8.83. The lowest BCUT2D eigenvalue weighted by Gasteiger charge is -2.20. The monoisotopic (exact) mass is 248 g/mol. The Labute approximate surface area is 105 Å². The number of carbonyl (C=O) groups excluding carboxylic acids is 1. The van der Waals surface area contributed by atoms with Crippen molar-refractivity contribution in [2.24, 2.45) is 11.8 Å². The molecule has 0 radical (unpaired) electrons. The number of aliphatic carboxylic acids is 1. The number of hydrogen-bond acceptors (Lipinski definition) is 3. The Morgan fingerprint density at radius 2 is 2.22 bits per heavy atom. The molecule has 0 aliphatic heterocycles. The van der Waals surface area contributed by atoms with Gasteiger partial charge in [0.15, 0.2) is 0 Å². The van der Waals surface area contributed by atoms with Crippen LogP contribution in [0.15, 0.2) is 24.4 Å². The number of amides is 1. The highest BCUT2D eigenvalue weighted by Gasteiger charge is 2.49. The number of carboxylic acids is 1. The molecule has 0 unspecified atom stereocenters. The minimum atomic E-state index is -0.873. The summed E-state index contributed by atoms with van der Waals surface area (Å²) >= 11 is 0. The van der Waals surface area contributed by atoms with Gasteiger partial charge in [-0.1, -0.05) is 6.07 Å². The lowest BCUT2D eigenvalue weighted by molar-refractivity contribution is -0.142. The number of aromatic nitrogens is 1. The Bertz CT molecular complexity index is 447. The third-order valence-electron chi connectivity index (χ3n) is 3.20. The van der Waals surface area contributed by atoms with E-state index in [1.54, 1.807) is 11.1 Å². The molecule has 2 rings (SSSR count). The van der Waals surface area contributed by atoms with Gasteiger partial charge in [0.05, 0.1) is 24.1 Å². The van der Waals surface area contributed by atoms with Crippen LogP contribution in [0, 0.1) is 11.8 Å². The molecular weight excluding hydrogens is 232 g/mol. The number of pyridine rings is 1. The second kappa shape index (κ2) is 5.16. The van der Waals surface area contributed by atoms with Crippen LogP contribution in [0.3, 0.4) is 0 Å². The number of nitrogens with zero attached hydrogens (tertiary/aromatic N) is 2. The van der Waals surface area contributed by atoms with Crippen molar-refractivity contribution < 1.29 is 14.7 Å². The zero-order chi connectivity index (χ0) is 13.1. The Morgan fingerprint density at radius 3 is 2.72 bits per heavy atom. The van der Waals surface area contributed by atoms with Crippen molar-refractivity contribution >= 4 is 11.9 Å². The predicted molar refractivity (Wildman–Crippen MR) is 64.6 cm³/mol. The van der Waals surface area contributed by atoms with Crippen molar-refractivity contribution in [1.82, 2.24) is 9.88 Å². The van der Waals surface area contributed by atoms with E-state index in [9.17, 15) is 9.59 Å². The number of hydrogen-bond donors (Lipinski definition) is 1. The van der Waals surface area contributed by atoms with Gasteiger partial charge in [0.1, 0.15) is 0 Å². The largest absolute Gasteiger partial charge is 0.481 e. The highest BCUT2D eigenvalue weighted by atomic mass is 16.4. The van der Waals surface area contributed by atoms with E-state index >= 15 is 0 Å². The second-order valence-corrected chi connectivity index (χ2v) is 4.46. The smallest absolute Gasteiger partial charge is 0.307 e. The maximum Gasteiger partial charge on any atom is 0.307 e. The lowest BCUT2D eigenvalue weighted by Crippen LogP contribution is -2.32. The first-order chi connectivity index (χ1) is 8.63. The molecule has 1 amide bonds. The van der Waals surface area contributed by atoms with Gasteiger partial charge in [0, 0.05) is 12.7 Å². The molecule has 5 heteroatoms. The first-order valence-electron chi connectivity index (χ1n) is 6.05. The normalized spacial score (nSPS) is 21.4. The number of rotatable bonds is 5. The van der Waals surface area contributed by atoms with Crippen LogP contribution in [0.2, 0.25) is 0 Å². The van der Waals surface area contributed by atoms with Crippen molar-refractivity contribution in [1.29, 1.82) is 0 Å². The molecule has 96 valence electrons. The minimum absolute atomic E-state index is 0.0736. The van der Waals surface area contributed by atoms with Crippen LogP contribution in [-0.2, 0) is 16.1 Å². The van der Waals surface area contributed by atoms with Crippen LogP contribution in [0.1, 0.15) is 19.0 Å². The van der Waals surface area contributed by atoms with E-state index in [0.29, 0.717) is 19.5 Å². The van der Waals surface area contributed by atoms with Crippen LogP contribution in [0.25, 0.3) is 0 Å². The van der Waals surface area contributed by atoms with Gasteiger partial charge in [-0.25, -0.2) is 0 Å². The first kappa shape index (κ1) is 12.5. The Balaban J connectivity index is 1.97. The second-order valence-electron chi connectivity index (χ2n) is 4.46. The molecule has 1 heterocycles. The molecule has 0 bridgehead atoms. The molecule has 1 aromatic rings. The topological polar surface area (TPSA) is 70.5 Å². The summed E-state index contributed by atoms with van der Waals surface area (Å²) in [6.07, 6.45) is 2.15. The summed E-state index contributed by atoms with van der Waals surface area (Å²) in [4.78, 5) is 28.7. The van der Waals surface area contributed by atoms with Crippen LogP contribution < -0.4 is 0 Å². The minimum Gasteiger partial charge on any atom is -0.481 e. The van der Waals surface area contributed by atoms with E-state index in [4.69, 9.17) is 5.11 Å². The summed E-state index contributed by atoms with van der Waals surface area (Å²) in [5.74, 6) is -1.78. The van der Waals surface area contributed by atoms with E-state index in [0.717, 1.165) is 5.69 Å². The quantitative estimate of drug-likeness (QED) is 0.848. The lowest BCUT2D eigenvalue weighted by atomic mass is 10.2. The summed E-state index contributed by atoms with van der Waals surface area (Å²) in [7, 11) is 0. The van der Waals surface area contributed by atoms with Gasteiger partial charge < -0.3 is 10.0 Å². The third kappa shape index (κ3) is 2.67. The van der Waals surface area contributed by atoms with Crippen LogP contribution in [0.4, 0.5) is 0 Å². The molecule has 1 aliphatic carbocycles. The third-order valence-corrected chi connectivity index (χ3v) is 3.20. The number of carbonyl (C=O) groups is 2. The van der Waals surface area contributed by atoms with Gasteiger partial charge in [-0.2, -0.15) is 0 Å². The van der Waals surface area contributed by atoms with Crippen LogP contribution in [-0.4, -0.2) is 33.4 Å². The van der Waals surface area contributed by atoms with Gasteiger partial charge in [-0.05, 0) is 25.5 Å². The zero-order valence-electron chi connectivity index (χ0n) is 10.2. The molecule has 1 aromatic heterocycles.